The zero-order valence-corrected chi connectivity index (χ0v) is 13.1. The van der Waals surface area contributed by atoms with E-state index in [-0.39, 0.29) is 17.0 Å². The maximum atomic E-state index is 13.0. The van der Waals surface area contributed by atoms with Crippen LogP contribution in [0.3, 0.4) is 0 Å². The first-order chi connectivity index (χ1) is 11.2. The summed E-state index contributed by atoms with van der Waals surface area (Å²) >= 11 is 0. The lowest BCUT2D eigenvalue weighted by atomic mass is 10.1. The van der Waals surface area contributed by atoms with Crippen LogP contribution in [0.2, 0.25) is 0 Å². The molecular formula is C15H14F3N3O2S. The molecule has 1 aliphatic rings. The lowest BCUT2D eigenvalue weighted by molar-refractivity contribution is -0.136. The number of anilines is 2. The third-order valence-corrected chi connectivity index (χ3v) is 5.17. The van der Waals surface area contributed by atoms with Crippen molar-refractivity contribution in [3.63, 3.8) is 0 Å². The van der Waals surface area contributed by atoms with E-state index in [0.29, 0.717) is 0 Å². The summed E-state index contributed by atoms with van der Waals surface area (Å²) < 4.78 is 66.0. The maximum Gasteiger partial charge on any atom is 0.418 e. The largest absolute Gasteiger partial charge is 0.418 e. The van der Waals surface area contributed by atoms with E-state index in [4.69, 9.17) is 5.73 Å². The fourth-order valence-corrected chi connectivity index (χ4v) is 3.92. The number of fused-ring (bicyclic) bond motifs is 1. The molecular weight excluding hydrogens is 343 g/mol. The third-order valence-electron chi connectivity index (χ3n) is 3.66. The van der Waals surface area contributed by atoms with Crippen molar-refractivity contribution in [2.75, 3.05) is 11.1 Å². The Morgan fingerprint density at radius 1 is 1.12 bits per heavy atom. The first-order valence-corrected chi connectivity index (χ1v) is 8.48. The second-order valence-corrected chi connectivity index (χ2v) is 7.12. The molecule has 1 heterocycles. The summed E-state index contributed by atoms with van der Waals surface area (Å²) in [5.74, 6) is 0. The molecule has 0 amide bonds. The molecule has 0 radical (unpaired) electrons. The van der Waals surface area contributed by atoms with E-state index in [1.165, 1.54) is 0 Å². The summed E-state index contributed by atoms with van der Waals surface area (Å²) in [6.07, 6.45) is -5.13. The average molecular weight is 357 g/mol. The van der Waals surface area contributed by atoms with Gasteiger partial charge in [0.05, 0.1) is 17.4 Å². The molecule has 3 rings (SSSR count). The van der Waals surface area contributed by atoms with E-state index in [2.05, 4.69) is 10.0 Å². The summed E-state index contributed by atoms with van der Waals surface area (Å²) in [5.41, 5.74) is 4.40. The number of rotatable bonds is 2. The average Bonchev–Trinajstić information content (AvgIpc) is 2.47. The van der Waals surface area contributed by atoms with Crippen LogP contribution in [0.4, 0.5) is 24.5 Å². The zero-order chi connectivity index (χ0) is 17.5. The van der Waals surface area contributed by atoms with Crippen LogP contribution in [0.1, 0.15) is 11.1 Å². The lowest BCUT2D eigenvalue weighted by Crippen LogP contribution is -2.46. The van der Waals surface area contributed by atoms with Crippen LogP contribution in [0.15, 0.2) is 47.4 Å². The van der Waals surface area contributed by atoms with Gasteiger partial charge in [0.15, 0.2) is 0 Å². The Bertz CT molecular complexity index is 868. The fourth-order valence-electron chi connectivity index (χ4n) is 2.59. The van der Waals surface area contributed by atoms with Gasteiger partial charge in [0, 0.05) is 12.1 Å². The van der Waals surface area contributed by atoms with Crippen LogP contribution in [0.5, 0.6) is 0 Å². The predicted octanol–water partition coefficient (Wildman–Crippen LogP) is 2.56. The minimum absolute atomic E-state index is 0.115. The van der Waals surface area contributed by atoms with Gasteiger partial charge >= 0.3 is 6.18 Å². The highest BCUT2D eigenvalue weighted by Gasteiger charge is 2.37. The number of nitrogen functional groups attached to an aromatic ring is 1. The monoisotopic (exact) mass is 357 g/mol. The van der Waals surface area contributed by atoms with Crippen LogP contribution < -0.4 is 15.8 Å². The second kappa shape index (κ2) is 5.67. The van der Waals surface area contributed by atoms with Crippen molar-refractivity contribution in [1.29, 1.82) is 0 Å². The molecule has 0 saturated heterocycles. The number of halogens is 3. The number of nitrogens with one attached hydrogen (secondary N) is 2. The van der Waals surface area contributed by atoms with E-state index in [0.717, 1.165) is 17.7 Å². The molecule has 9 heteroatoms. The van der Waals surface area contributed by atoms with Crippen LogP contribution in [-0.2, 0) is 22.6 Å². The van der Waals surface area contributed by atoms with Gasteiger partial charge in [0.1, 0.15) is 4.90 Å². The first-order valence-electron chi connectivity index (χ1n) is 7.00. The highest BCUT2D eigenvalue weighted by atomic mass is 32.2. The van der Waals surface area contributed by atoms with Crippen molar-refractivity contribution < 1.29 is 21.6 Å². The summed E-state index contributed by atoms with van der Waals surface area (Å²) in [6, 6.07) is 10.6. The van der Waals surface area contributed by atoms with Gasteiger partial charge in [-0.3, -0.25) is 0 Å². The molecule has 0 fully saturated rings. The van der Waals surface area contributed by atoms with Crippen LogP contribution in [0.25, 0.3) is 0 Å². The quantitative estimate of drug-likeness (QED) is 0.721. The summed E-state index contributed by atoms with van der Waals surface area (Å²) in [7, 11) is -3.96. The molecule has 0 bridgehead atoms. The van der Waals surface area contributed by atoms with Crippen LogP contribution in [-0.4, -0.2) is 14.6 Å². The third kappa shape index (κ3) is 3.17. The number of nitrogens with two attached hydrogens (primary N) is 1. The van der Waals surface area contributed by atoms with Gasteiger partial charge in [0.2, 0.25) is 10.0 Å². The minimum Gasteiger partial charge on any atom is -0.398 e. The summed E-state index contributed by atoms with van der Waals surface area (Å²) in [5, 5.41) is 2.79. The minimum atomic E-state index is -4.66. The Hall–Kier alpha value is -2.26. The zero-order valence-electron chi connectivity index (χ0n) is 12.3. The van der Waals surface area contributed by atoms with E-state index < -0.39 is 33.6 Å². The second-order valence-electron chi connectivity index (χ2n) is 5.44. The van der Waals surface area contributed by atoms with Crippen molar-refractivity contribution >= 4 is 21.4 Å². The van der Waals surface area contributed by atoms with E-state index in [9.17, 15) is 21.6 Å². The molecule has 1 aliphatic heterocycles. The molecule has 0 spiro atoms. The molecule has 1 unspecified atom stereocenters. The number of benzene rings is 2. The SMILES string of the molecule is Nc1cc2c(cc1C(F)(F)F)NC(Cc1ccccc1)NS2(=O)=O. The van der Waals surface area contributed by atoms with Crippen molar-refractivity contribution in [3.8, 4) is 0 Å². The summed E-state index contributed by atoms with van der Waals surface area (Å²) in [6.45, 7) is 0. The van der Waals surface area contributed by atoms with E-state index in [1.807, 2.05) is 6.07 Å². The number of hydrogen-bond donors (Lipinski definition) is 3. The highest BCUT2D eigenvalue weighted by Crippen LogP contribution is 2.39. The van der Waals surface area contributed by atoms with Gasteiger partial charge < -0.3 is 11.1 Å². The molecule has 0 aromatic heterocycles. The van der Waals surface area contributed by atoms with E-state index in [1.54, 1.807) is 24.3 Å². The van der Waals surface area contributed by atoms with Crippen LogP contribution >= 0.6 is 0 Å². The molecule has 5 nitrogen and oxygen atoms in total. The van der Waals surface area contributed by atoms with Crippen molar-refractivity contribution in [2.45, 2.75) is 23.7 Å². The standard InChI is InChI=1S/C15H14F3N3O2S/c16-15(17,18)10-7-12-13(8-11(10)19)24(22,23)21-14(20-12)6-9-4-2-1-3-5-9/h1-5,7-8,14,20-21H,6,19H2. The van der Waals surface area contributed by atoms with E-state index >= 15 is 0 Å². The lowest BCUT2D eigenvalue weighted by Gasteiger charge is -2.29. The number of hydrogen-bond acceptors (Lipinski definition) is 4. The fraction of sp³-hybridized carbons (Fsp3) is 0.200. The Labute approximate surface area is 136 Å². The predicted molar refractivity (Wildman–Crippen MR) is 83.7 cm³/mol. The molecule has 0 aliphatic carbocycles. The number of alkyl halides is 3. The first kappa shape index (κ1) is 16.6. The van der Waals surface area contributed by atoms with Gasteiger partial charge in [-0.2, -0.15) is 17.9 Å². The topological polar surface area (TPSA) is 84.2 Å². The Morgan fingerprint density at radius 3 is 2.42 bits per heavy atom. The van der Waals surface area contributed by atoms with Gasteiger partial charge in [-0.1, -0.05) is 30.3 Å². The van der Waals surface area contributed by atoms with Gasteiger partial charge in [-0.05, 0) is 17.7 Å². The molecule has 0 saturated carbocycles. The maximum absolute atomic E-state index is 13.0. The molecule has 2 aromatic rings. The highest BCUT2D eigenvalue weighted by molar-refractivity contribution is 7.89. The molecule has 128 valence electrons. The van der Waals surface area contributed by atoms with Gasteiger partial charge in [-0.15, -0.1) is 0 Å². The van der Waals surface area contributed by atoms with Crippen molar-refractivity contribution in [1.82, 2.24) is 4.72 Å². The molecule has 24 heavy (non-hydrogen) atoms. The Kier molecular flexibility index (Phi) is 3.92. The summed E-state index contributed by atoms with van der Waals surface area (Å²) in [4.78, 5) is -0.294. The Balaban J connectivity index is 1.99. The number of sulfonamides is 1. The van der Waals surface area contributed by atoms with Gasteiger partial charge in [-0.25, -0.2) is 8.42 Å². The van der Waals surface area contributed by atoms with Crippen LogP contribution in [0, 0.1) is 0 Å². The van der Waals surface area contributed by atoms with Crippen molar-refractivity contribution in [2.24, 2.45) is 0 Å². The van der Waals surface area contributed by atoms with Crippen molar-refractivity contribution in [3.05, 3.63) is 53.6 Å². The normalized spacial score (nSPS) is 19.4. The van der Waals surface area contributed by atoms with Gasteiger partial charge in [0.25, 0.3) is 0 Å². The molecule has 2 aromatic carbocycles. The Morgan fingerprint density at radius 2 is 1.79 bits per heavy atom. The smallest absolute Gasteiger partial charge is 0.398 e. The molecule has 1 atom stereocenters. The molecule has 4 N–H and O–H groups in total.